The number of benzene rings is 17. The molecule has 0 unspecified atom stereocenters. The average Bonchev–Trinajstić information content (AvgIpc) is 3.24. The summed E-state index contributed by atoms with van der Waals surface area (Å²) in [5, 5.41) is 44.3. The molecular formula is C54H20Br2. The topological polar surface area (TPSA) is 0 Å². The molecule has 0 nitrogen and oxygen atoms in total. The van der Waals surface area contributed by atoms with Gasteiger partial charge < -0.3 is 0 Å². The van der Waals surface area contributed by atoms with Gasteiger partial charge in [0, 0.05) is 30.5 Å². The van der Waals surface area contributed by atoms with Gasteiger partial charge in [0.15, 0.2) is 0 Å². The predicted molar refractivity (Wildman–Crippen MR) is 251 cm³/mol. The smallest absolute Gasteiger partial charge is 0.0266 e. The fourth-order valence-electron chi connectivity index (χ4n) is 13.1. The standard InChI is InChI=1S/C54H20Br2/c55-35-19-33-27-13-5-11-25-26-12-6-14-28-34-20-36(56)40-24-10-4-2-8-22(24)30-16-18-32-31-17-15-29-21-7-1-3-9-23(21)39(35)49-41(29)43(31)51-52-44(32)42(30)50(40)46(34)54(52)48(38(26)28)47(37(25)27)53(51)45(33)49/h1-20H. The summed E-state index contributed by atoms with van der Waals surface area (Å²) >= 11 is 8.45. The molecule has 0 heterocycles. The van der Waals surface area contributed by atoms with Crippen LogP contribution in [0.4, 0.5) is 0 Å². The summed E-state index contributed by atoms with van der Waals surface area (Å²) in [5.41, 5.74) is 0. The lowest BCUT2D eigenvalue weighted by Gasteiger charge is -2.31. The molecule has 0 amide bonds. The Kier molecular flexibility index (Phi) is 4.11. The van der Waals surface area contributed by atoms with Gasteiger partial charge in [-0.2, -0.15) is 0 Å². The molecule has 0 saturated heterocycles. The second-order valence-electron chi connectivity index (χ2n) is 16.7. The Morgan fingerprint density at radius 2 is 0.411 bits per heavy atom. The van der Waals surface area contributed by atoms with Crippen LogP contribution in [0, 0.1) is 0 Å². The Labute approximate surface area is 332 Å². The van der Waals surface area contributed by atoms with Crippen LogP contribution in [0.3, 0.4) is 0 Å². The molecule has 17 rings (SSSR count). The quantitative estimate of drug-likeness (QED) is 0.106. The lowest BCUT2D eigenvalue weighted by atomic mass is 9.71. The number of rotatable bonds is 0. The van der Waals surface area contributed by atoms with E-state index in [1.807, 2.05) is 0 Å². The van der Waals surface area contributed by atoms with E-state index in [-0.39, 0.29) is 0 Å². The number of fused-ring (bicyclic) bond motifs is 10. The number of hydrogen-bond donors (Lipinski definition) is 0. The average molecular weight is 829 g/mol. The van der Waals surface area contributed by atoms with E-state index < -0.39 is 0 Å². The summed E-state index contributed by atoms with van der Waals surface area (Å²) < 4.78 is 2.34. The zero-order chi connectivity index (χ0) is 35.8. The maximum absolute atomic E-state index is 4.23. The van der Waals surface area contributed by atoms with Crippen LogP contribution in [0.25, 0.3) is 172 Å². The van der Waals surface area contributed by atoms with Crippen molar-refractivity contribution in [2.45, 2.75) is 0 Å². The van der Waals surface area contributed by atoms with Gasteiger partial charge in [-0.15, -0.1) is 0 Å². The van der Waals surface area contributed by atoms with Gasteiger partial charge >= 0.3 is 0 Å². The van der Waals surface area contributed by atoms with Gasteiger partial charge in [-0.25, -0.2) is 0 Å². The van der Waals surface area contributed by atoms with Gasteiger partial charge in [0.1, 0.15) is 0 Å². The van der Waals surface area contributed by atoms with Crippen LogP contribution in [0.1, 0.15) is 0 Å². The third-order valence-corrected chi connectivity index (χ3v) is 16.0. The van der Waals surface area contributed by atoms with Crippen molar-refractivity contribution in [1.29, 1.82) is 0 Å². The summed E-state index contributed by atoms with van der Waals surface area (Å²) in [7, 11) is 0. The van der Waals surface area contributed by atoms with Crippen molar-refractivity contribution >= 4 is 204 Å². The molecule has 0 spiro atoms. The van der Waals surface area contributed by atoms with Gasteiger partial charge in [0.2, 0.25) is 0 Å². The Morgan fingerprint density at radius 3 is 0.804 bits per heavy atom. The fourth-order valence-corrected chi connectivity index (χ4v) is 14.4. The molecule has 0 bridgehead atoms. The number of hydrogen-bond acceptors (Lipinski definition) is 0. The summed E-state index contributed by atoms with van der Waals surface area (Å²) in [6, 6.07) is 47.1. The van der Waals surface area contributed by atoms with Crippen molar-refractivity contribution in [3.8, 4) is 0 Å². The summed E-state index contributed by atoms with van der Waals surface area (Å²) in [6.45, 7) is 0. The highest BCUT2D eigenvalue weighted by Gasteiger charge is 2.34. The van der Waals surface area contributed by atoms with Crippen LogP contribution in [-0.2, 0) is 0 Å². The van der Waals surface area contributed by atoms with Crippen molar-refractivity contribution in [1.82, 2.24) is 0 Å². The molecule has 0 aliphatic rings. The largest absolute Gasteiger partial charge is 0.0616 e. The molecule has 56 heavy (non-hydrogen) atoms. The second kappa shape index (κ2) is 8.37. The Hall–Kier alpha value is -6.06. The molecular weight excluding hydrogens is 808 g/mol. The molecule has 250 valence electrons. The summed E-state index contributed by atoms with van der Waals surface area (Å²) in [5.74, 6) is 0. The first-order chi connectivity index (χ1) is 27.7. The lowest BCUT2D eigenvalue weighted by molar-refractivity contribution is 1.79. The first kappa shape index (κ1) is 27.5. The van der Waals surface area contributed by atoms with E-state index in [0.717, 1.165) is 0 Å². The van der Waals surface area contributed by atoms with Crippen molar-refractivity contribution < 1.29 is 0 Å². The highest BCUT2D eigenvalue weighted by atomic mass is 79.9. The van der Waals surface area contributed by atoms with E-state index in [0.29, 0.717) is 0 Å². The summed E-state index contributed by atoms with van der Waals surface area (Å²) in [6.07, 6.45) is 0. The maximum atomic E-state index is 4.23. The highest BCUT2D eigenvalue weighted by molar-refractivity contribution is 9.11. The number of halogens is 2. The Balaban J connectivity index is 1.40. The second-order valence-corrected chi connectivity index (χ2v) is 18.4. The Bertz CT molecular complexity index is 4330. The van der Waals surface area contributed by atoms with Gasteiger partial charge in [-0.3, -0.25) is 0 Å². The molecule has 17 aromatic rings. The van der Waals surface area contributed by atoms with E-state index in [4.69, 9.17) is 0 Å². The first-order valence-electron chi connectivity index (χ1n) is 19.5. The van der Waals surface area contributed by atoms with Crippen LogP contribution in [0.15, 0.2) is 130 Å². The third-order valence-electron chi connectivity index (χ3n) is 14.7. The predicted octanol–water partition coefficient (Wildman–Crippen LogP) is 17.2. The zero-order valence-corrected chi connectivity index (χ0v) is 32.5. The van der Waals surface area contributed by atoms with Crippen LogP contribution in [0.2, 0.25) is 0 Å². The minimum Gasteiger partial charge on any atom is -0.0616 e. The maximum Gasteiger partial charge on any atom is 0.0266 e. The van der Waals surface area contributed by atoms with Gasteiger partial charge in [-0.1, -0.05) is 141 Å². The summed E-state index contributed by atoms with van der Waals surface area (Å²) in [4.78, 5) is 0. The third kappa shape index (κ3) is 2.49. The Morgan fingerprint density at radius 1 is 0.179 bits per heavy atom. The molecule has 17 aromatic carbocycles. The van der Waals surface area contributed by atoms with E-state index in [1.54, 1.807) is 0 Å². The molecule has 0 aromatic heterocycles. The minimum absolute atomic E-state index is 1.17. The molecule has 0 aliphatic heterocycles. The van der Waals surface area contributed by atoms with Crippen molar-refractivity contribution in [2.75, 3.05) is 0 Å². The first-order valence-corrected chi connectivity index (χ1v) is 21.1. The zero-order valence-electron chi connectivity index (χ0n) is 29.3. The van der Waals surface area contributed by atoms with Crippen LogP contribution in [0.5, 0.6) is 0 Å². The van der Waals surface area contributed by atoms with Crippen molar-refractivity contribution in [3.63, 3.8) is 0 Å². The molecule has 0 atom stereocenters. The van der Waals surface area contributed by atoms with Crippen LogP contribution < -0.4 is 0 Å². The van der Waals surface area contributed by atoms with Gasteiger partial charge in [0.05, 0.1) is 0 Å². The SMILES string of the molecule is Brc1cc2c3cccc4c5cccc6c7cc(Br)c8c9ccccc9c9ccc%10c%11ccc%12c%13ccccc%13c1c1c%12c%11c%11c(c21)c(c43)c(c56)c1c7c8c9c%10c1%11. The minimum atomic E-state index is 1.17. The van der Waals surface area contributed by atoms with Gasteiger partial charge in [0.25, 0.3) is 0 Å². The lowest BCUT2D eigenvalue weighted by Crippen LogP contribution is -2.02. The van der Waals surface area contributed by atoms with Crippen LogP contribution >= 0.6 is 31.9 Å². The monoisotopic (exact) mass is 826 g/mol. The molecule has 0 N–H and O–H groups in total. The molecule has 0 aliphatic carbocycles. The van der Waals surface area contributed by atoms with Gasteiger partial charge in [-0.05, 0) is 163 Å². The van der Waals surface area contributed by atoms with E-state index in [1.165, 1.54) is 181 Å². The molecule has 0 fully saturated rings. The van der Waals surface area contributed by atoms with Crippen LogP contribution in [-0.4, -0.2) is 0 Å². The molecule has 0 radical (unpaired) electrons. The van der Waals surface area contributed by atoms with Crippen molar-refractivity contribution in [2.24, 2.45) is 0 Å². The normalized spacial score (nSPS) is 13.9. The molecule has 0 saturated carbocycles. The van der Waals surface area contributed by atoms with E-state index in [2.05, 4.69) is 153 Å². The van der Waals surface area contributed by atoms with Crippen molar-refractivity contribution in [3.05, 3.63) is 130 Å². The van der Waals surface area contributed by atoms with E-state index in [9.17, 15) is 0 Å². The molecule has 2 heteroatoms. The fraction of sp³-hybridized carbons (Fsp3) is 0. The van der Waals surface area contributed by atoms with E-state index >= 15 is 0 Å². The highest BCUT2D eigenvalue weighted by Crippen LogP contribution is 2.63.